The Hall–Kier alpha value is -2.17. The van der Waals surface area contributed by atoms with Gasteiger partial charge in [0.05, 0.1) is 0 Å². The minimum atomic E-state index is -0.177. The van der Waals surface area contributed by atoms with Crippen molar-refractivity contribution in [3.63, 3.8) is 0 Å². The van der Waals surface area contributed by atoms with Crippen LogP contribution in [0.5, 0.6) is 0 Å². The first kappa shape index (κ1) is 13.3. The highest BCUT2D eigenvalue weighted by Gasteiger charge is 2.16. The standard InChI is InChI=1S/C14H18N4O/c1-4-11-5-7-12(8-6-11)9-18(3)14(19)13-15-10(2)16-17-13/h5-8H,4,9H2,1-3H3,(H,15,16,17). The first-order valence-electron chi connectivity index (χ1n) is 6.32. The number of carbonyl (C=O) groups is 1. The van der Waals surface area contributed by atoms with E-state index in [1.165, 1.54) is 5.56 Å². The molecule has 0 atom stereocenters. The second-order valence-electron chi connectivity index (χ2n) is 4.58. The molecule has 0 radical (unpaired) electrons. The normalized spacial score (nSPS) is 10.5. The number of hydrogen-bond acceptors (Lipinski definition) is 3. The number of amides is 1. The minimum absolute atomic E-state index is 0.177. The predicted molar refractivity (Wildman–Crippen MR) is 72.7 cm³/mol. The lowest BCUT2D eigenvalue weighted by atomic mass is 10.1. The van der Waals surface area contributed by atoms with E-state index in [1.807, 2.05) is 12.1 Å². The molecule has 19 heavy (non-hydrogen) atoms. The van der Waals surface area contributed by atoms with E-state index in [4.69, 9.17) is 0 Å². The summed E-state index contributed by atoms with van der Waals surface area (Å²) in [7, 11) is 1.75. The Bertz CT molecular complexity index is 559. The second kappa shape index (κ2) is 5.65. The van der Waals surface area contributed by atoms with Crippen molar-refractivity contribution in [1.29, 1.82) is 0 Å². The summed E-state index contributed by atoms with van der Waals surface area (Å²) >= 11 is 0. The van der Waals surface area contributed by atoms with Crippen LogP contribution < -0.4 is 0 Å². The zero-order chi connectivity index (χ0) is 13.8. The summed E-state index contributed by atoms with van der Waals surface area (Å²) in [5, 5.41) is 6.55. The van der Waals surface area contributed by atoms with Gasteiger partial charge < -0.3 is 4.90 Å². The fourth-order valence-electron chi connectivity index (χ4n) is 1.84. The maximum Gasteiger partial charge on any atom is 0.293 e. The highest BCUT2D eigenvalue weighted by Crippen LogP contribution is 2.08. The molecule has 1 aromatic heterocycles. The van der Waals surface area contributed by atoms with Gasteiger partial charge in [-0.15, -0.1) is 5.10 Å². The van der Waals surface area contributed by atoms with Crippen molar-refractivity contribution in [3.05, 3.63) is 47.0 Å². The molecule has 1 aromatic carbocycles. The summed E-state index contributed by atoms with van der Waals surface area (Å²) in [6.45, 7) is 4.44. The van der Waals surface area contributed by atoms with E-state index in [-0.39, 0.29) is 11.7 Å². The third-order valence-corrected chi connectivity index (χ3v) is 2.99. The Labute approximate surface area is 112 Å². The van der Waals surface area contributed by atoms with Crippen molar-refractivity contribution in [2.24, 2.45) is 0 Å². The van der Waals surface area contributed by atoms with Crippen LogP contribution in [0.4, 0.5) is 0 Å². The molecular weight excluding hydrogens is 240 g/mol. The number of benzene rings is 1. The summed E-state index contributed by atoms with van der Waals surface area (Å²) in [4.78, 5) is 17.7. The van der Waals surface area contributed by atoms with Gasteiger partial charge in [0.2, 0.25) is 5.82 Å². The molecular formula is C14H18N4O. The maximum absolute atomic E-state index is 12.1. The summed E-state index contributed by atoms with van der Waals surface area (Å²) < 4.78 is 0. The zero-order valence-electron chi connectivity index (χ0n) is 11.5. The maximum atomic E-state index is 12.1. The van der Waals surface area contributed by atoms with Crippen molar-refractivity contribution in [1.82, 2.24) is 20.1 Å². The van der Waals surface area contributed by atoms with E-state index in [2.05, 4.69) is 34.2 Å². The van der Waals surface area contributed by atoms with Crippen molar-refractivity contribution in [2.45, 2.75) is 26.8 Å². The predicted octanol–water partition coefficient (Wildman–Crippen LogP) is 1.95. The average molecular weight is 258 g/mol. The largest absolute Gasteiger partial charge is 0.335 e. The quantitative estimate of drug-likeness (QED) is 0.911. The third-order valence-electron chi connectivity index (χ3n) is 2.99. The number of aromatic amines is 1. The Morgan fingerprint density at radius 3 is 2.42 bits per heavy atom. The number of aromatic nitrogens is 3. The van der Waals surface area contributed by atoms with Gasteiger partial charge in [0, 0.05) is 13.6 Å². The molecule has 5 nitrogen and oxygen atoms in total. The fourth-order valence-corrected chi connectivity index (χ4v) is 1.84. The minimum Gasteiger partial charge on any atom is -0.335 e. The SMILES string of the molecule is CCc1ccc(CN(C)C(=O)c2n[nH]c(C)n2)cc1. The van der Waals surface area contributed by atoms with Gasteiger partial charge in [0.25, 0.3) is 5.91 Å². The lowest BCUT2D eigenvalue weighted by molar-refractivity contribution is 0.0773. The highest BCUT2D eigenvalue weighted by atomic mass is 16.2. The molecule has 2 aromatic rings. The van der Waals surface area contributed by atoms with Gasteiger partial charge in [-0.05, 0) is 24.5 Å². The average Bonchev–Trinajstić information content (AvgIpc) is 2.85. The third kappa shape index (κ3) is 3.19. The van der Waals surface area contributed by atoms with Crippen LogP contribution in [0.15, 0.2) is 24.3 Å². The molecule has 1 N–H and O–H groups in total. The van der Waals surface area contributed by atoms with Crippen molar-refractivity contribution < 1.29 is 4.79 Å². The van der Waals surface area contributed by atoms with Crippen LogP contribution in [0.25, 0.3) is 0 Å². The monoisotopic (exact) mass is 258 g/mol. The van der Waals surface area contributed by atoms with Crippen molar-refractivity contribution in [2.75, 3.05) is 7.05 Å². The van der Waals surface area contributed by atoms with Crippen LogP contribution in [0.3, 0.4) is 0 Å². The summed E-state index contributed by atoms with van der Waals surface area (Å²) in [5.74, 6) is 0.679. The molecule has 0 aliphatic heterocycles. The first-order valence-corrected chi connectivity index (χ1v) is 6.32. The Morgan fingerprint density at radius 1 is 1.26 bits per heavy atom. The van der Waals surface area contributed by atoms with Gasteiger partial charge in [-0.3, -0.25) is 9.89 Å². The van der Waals surface area contributed by atoms with Gasteiger partial charge >= 0.3 is 0 Å². The highest BCUT2D eigenvalue weighted by molar-refractivity contribution is 5.90. The molecule has 0 fully saturated rings. The molecule has 100 valence electrons. The van der Waals surface area contributed by atoms with E-state index < -0.39 is 0 Å². The van der Waals surface area contributed by atoms with Gasteiger partial charge in [-0.2, -0.15) is 0 Å². The van der Waals surface area contributed by atoms with E-state index in [1.54, 1.807) is 18.9 Å². The van der Waals surface area contributed by atoms with Crippen LogP contribution in [0, 0.1) is 6.92 Å². The number of hydrogen-bond donors (Lipinski definition) is 1. The van der Waals surface area contributed by atoms with E-state index in [0.29, 0.717) is 12.4 Å². The molecule has 0 unspecified atom stereocenters. The lowest BCUT2D eigenvalue weighted by Crippen LogP contribution is -2.27. The van der Waals surface area contributed by atoms with Crippen molar-refractivity contribution in [3.8, 4) is 0 Å². The molecule has 0 spiro atoms. The summed E-state index contributed by atoms with van der Waals surface area (Å²) in [5.41, 5.74) is 2.39. The van der Waals surface area contributed by atoms with Crippen LogP contribution in [-0.2, 0) is 13.0 Å². The van der Waals surface area contributed by atoms with E-state index in [9.17, 15) is 4.79 Å². The van der Waals surface area contributed by atoms with Gasteiger partial charge in [-0.25, -0.2) is 4.98 Å². The molecule has 0 aliphatic rings. The van der Waals surface area contributed by atoms with E-state index >= 15 is 0 Å². The molecule has 0 bridgehead atoms. The lowest BCUT2D eigenvalue weighted by Gasteiger charge is -2.15. The molecule has 5 heteroatoms. The number of rotatable bonds is 4. The van der Waals surface area contributed by atoms with Crippen molar-refractivity contribution >= 4 is 5.91 Å². The zero-order valence-corrected chi connectivity index (χ0v) is 11.5. The molecule has 2 rings (SSSR count). The van der Waals surface area contributed by atoms with Crippen LogP contribution in [0.2, 0.25) is 0 Å². The Kier molecular flexibility index (Phi) is 3.94. The molecule has 1 amide bonds. The molecule has 0 saturated carbocycles. The van der Waals surface area contributed by atoms with Gasteiger partial charge in [0.1, 0.15) is 5.82 Å². The topological polar surface area (TPSA) is 61.9 Å². The molecule has 1 heterocycles. The number of aryl methyl sites for hydroxylation is 2. The number of nitrogens with one attached hydrogen (secondary N) is 1. The Balaban J connectivity index is 2.03. The van der Waals surface area contributed by atoms with Gasteiger partial charge in [0.15, 0.2) is 0 Å². The number of H-pyrrole nitrogens is 1. The molecule has 0 saturated heterocycles. The fraction of sp³-hybridized carbons (Fsp3) is 0.357. The smallest absolute Gasteiger partial charge is 0.293 e. The Morgan fingerprint density at radius 2 is 1.89 bits per heavy atom. The molecule has 0 aliphatic carbocycles. The number of nitrogens with zero attached hydrogens (tertiary/aromatic N) is 3. The van der Waals surface area contributed by atoms with Crippen LogP contribution in [-0.4, -0.2) is 33.0 Å². The van der Waals surface area contributed by atoms with Gasteiger partial charge in [-0.1, -0.05) is 31.2 Å². The second-order valence-corrected chi connectivity index (χ2v) is 4.58. The van der Waals surface area contributed by atoms with Crippen LogP contribution >= 0.6 is 0 Å². The number of carbonyl (C=O) groups excluding carboxylic acids is 1. The summed E-state index contributed by atoms with van der Waals surface area (Å²) in [6.07, 6.45) is 1.02. The summed E-state index contributed by atoms with van der Waals surface area (Å²) in [6, 6.07) is 8.27. The van der Waals surface area contributed by atoms with E-state index in [0.717, 1.165) is 12.0 Å². The van der Waals surface area contributed by atoms with Crippen LogP contribution in [0.1, 0.15) is 34.5 Å². The first-order chi connectivity index (χ1) is 9.10.